The number of amides is 2. The van der Waals surface area contributed by atoms with Crippen LogP contribution in [-0.2, 0) is 77.5 Å². The molecule has 1 aromatic heterocycles. The zero-order valence-electron chi connectivity index (χ0n) is 54.1. The van der Waals surface area contributed by atoms with Gasteiger partial charge in [-0.15, -0.1) is 0 Å². The van der Waals surface area contributed by atoms with Gasteiger partial charge in [-0.25, -0.2) is 4.98 Å². The van der Waals surface area contributed by atoms with Crippen molar-refractivity contribution in [3.8, 4) is 0 Å². The van der Waals surface area contributed by atoms with Crippen molar-refractivity contribution in [1.29, 1.82) is 0 Å². The summed E-state index contributed by atoms with van der Waals surface area (Å²) in [7, 11) is 0. The number of carbonyl (C=O) groups is 2. The summed E-state index contributed by atoms with van der Waals surface area (Å²) in [5.41, 5.74) is 1.34. The summed E-state index contributed by atoms with van der Waals surface area (Å²) in [5.74, 6) is -1.72. The number of nitrogens with one attached hydrogen (secondary N) is 3. The summed E-state index contributed by atoms with van der Waals surface area (Å²) in [6.45, 7) is -7.41. The van der Waals surface area contributed by atoms with Gasteiger partial charge in [-0.1, -0.05) is 18.2 Å². The first-order valence-electron chi connectivity index (χ1n) is 32.9. The second kappa shape index (κ2) is 34.8. The quantitative estimate of drug-likeness (QED) is 0.0628. The number of aliphatic hydroxyl groups is 20. The average molecular weight is 1480 g/mol. The molecular formula is C61H86N6O36. The van der Waals surface area contributed by atoms with Gasteiger partial charge in [0.2, 0.25) is 5.91 Å². The zero-order valence-corrected chi connectivity index (χ0v) is 54.1. The van der Waals surface area contributed by atoms with Crippen LogP contribution in [0.15, 0.2) is 77.3 Å². The Balaban J connectivity index is 0.878. The highest BCUT2D eigenvalue weighted by Gasteiger charge is 2.60. The van der Waals surface area contributed by atoms with Crippen molar-refractivity contribution in [2.24, 2.45) is 10.2 Å². The Labute approximate surface area is 582 Å². The summed E-state index contributed by atoms with van der Waals surface area (Å²) in [6, 6.07) is 13.2. The predicted molar refractivity (Wildman–Crippen MR) is 325 cm³/mol. The minimum atomic E-state index is -2.35. The van der Waals surface area contributed by atoms with E-state index in [1.54, 1.807) is 30.3 Å². The van der Waals surface area contributed by atoms with E-state index in [1.807, 2.05) is 0 Å². The third-order valence-electron chi connectivity index (χ3n) is 18.8. The van der Waals surface area contributed by atoms with Crippen molar-refractivity contribution >= 4 is 23.2 Å². The number of carbonyl (C=O) groups excluding carboxylic acids is 2. The van der Waals surface area contributed by atoms with Crippen LogP contribution in [0.3, 0.4) is 0 Å². The van der Waals surface area contributed by atoms with Crippen LogP contribution < -0.4 is 10.6 Å². The number of hydrogen-bond donors (Lipinski definition) is 23. The topological polar surface area (TPSA) is 645 Å². The Morgan fingerprint density at radius 2 is 0.660 bits per heavy atom. The van der Waals surface area contributed by atoms with Gasteiger partial charge in [0.25, 0.3) is 5.91 Å². The standard InChI is InChI=1S/C61H86N6O36/c68-13-26-47-34(76)41(83)57(92-26)100-49-28(15-70)94-59(43(85)36(49)78)102-51-30(17-72)96-61(45(87)38(51)80)103-52-31(18-73)95-60(44(86)37(52)79)101-50-29(16-71)93-58(42(84)35(50)77)99-48-27(14-69)91-56(40(82)33(48)75)97-46-25(90-55(98-47)39(81)32(46)74)12-63-54(89)24(10-23-11-62-19-64-23)65-53(88)20-6-8-22(9-7-20)67-66-21-4-2-1-3-5-21/h1-9,11,19,24-52,55-61,68-87H,10,12-18H2,(H,62,64)(H,63,89)(H,65,88)/t24-,25+,26+,27+,28+,29+,30+,31+,32+,33+,34+,35+,36+,37+,38+,39+,40+,41-,42+,43-,44+,45+,46+,47+,48+,49+,50+,51+,52+,55+,56+,57+,58+,59+,60+,61+/m0/s1. The first kappa shape index (κ1) is 78.9. The Hall–Kier alpha value is -5.17. The molecule has 36 atom stereocenters. The first-order chi connectivity index (χ1) is 49.4. The summed E-state index contributed by atoms with van der Waals surface area (Å²) < 4.78 is 81.8. The monoisotopic (exact) mass is 1480 g/mol. The fraction of sp³-hybridized carbons (Fsp3) is 0.721. The molecule has 42 heteroatoms. The second-order valence-corrected chi connectivity index (χ2v) is 25.6. The van der Waals surface area contributed by atoms with Gasteiger partial charge >= 0.3 is 0 Å². The summed E-state index contributed by atoms with van der Waals surface area (Å²) in [6.07, 6.45) is -70.8. The molecule has 21 aliphatic heterocycles. The van der Waals surface area contributed by atoms with E-state index in [0.29, 0.717) is 17.1 Å². The lowest BCUT2D eigenvalue weighted by molar-refractivity contribution is -0.396. The average Bonchev–Trinajstić information content (AvgIpc) is 0.871. The number of nitrogens with zero attached hydrogens (tertiary/aromatic N) is 3. The van der Waals surface area contributed by atoms with E-state index >= 15 is 0 Å². The van der Waals surface area contributed by atoms with Crippen molar-refractivity contribution in [3.05, 3.63) is 78.4 Å². The van der Waals surface area contributed by atoms with Crippen molar-refractivity contribution < 1.29 is 178 Å². The third kappa shape index (κ3) is 17.1. The maximum atomic E-state index is 14.5. The van der Waals surface area contributed by atoms with Crippen molar-refractivity contribution in [1.82, 2.24) is 20.6 Å². The number of rotatable bonds is 15. The zero-order chi connectivity index (χ0) is 73.8. The van der Waals surface area contributed by atoms with Crippen molar-refractivity contribution in [2.45, 2.75) is 227 Å². The molecule has 2 aromatic carbocycles. The highest BCUT2D eigenvalue weighted by atomic mass is 16.8. The van der Waals surface area contributed by atoms with Crippen LogP contribution in [0.2, 0.25) is 0 Å². The molecule has 576 valence electrons. The van der Waals surface area contributed by atoms with Crippen LogP contribution in [-0.4, -0.2) is 391 Å². The molecule has 0 aliphatic carbocycles. The lowest BCUT2D eigenvalue weighted by atomic mass is 9.95. The molecule has 21 aliphatic rings. The van der Waals surface area contributed by atoms with Gasteiger partial charge in [-0.2, -0.15) is 10.2 Å². The molecule has 21 saturated heterocycles. The Morgan fingerprint density at radius 3 is 0.942 bits per heavy atom. The van der Waals surface area contributed by atoms with Crippen LogP contribution in [0, 0.1) is 0 Å². The van der Waals surface area contributed by atoms with Crippen LogP contribution in [0.4, 0.5) is 11.4 Å². The smallest absolute Gasteiger partial charge is 0.251 e. The molecule has 0 saturated carbocycles. The minimum absolute atomic E-state index is 0.0660. The third-order valence-corrected chi connectivity index (χ3v) is 18.8. The van der Waals surface area contributed by atoms with E-state index in [9.17, 15) is 112 Å². The number of benzene rings is 2. The SMILES string of the molecule is O=C(N[C@@H](Cc1cnc[nH]1)C(=O)NC[C@H]1O[C@@H]2O[C@H]3[C@H](O)[C@H](O)[C@@H](O[C@H]4[C@H](O)[C@H](O)[C@@H](O[C@H]5[C@H](O)[C@@H](O)[C@@H](O[C@H]6[C@H](O)[C@@H](O)[C@@H](O[C@H]7[C@H](O)[C@@H](O)[C@@H](O[C@H]8[C@H](O)[C@@H](O)[C@@H](O[C@H]1[C@H](O)[C@H]2O)O[C@@H]8CO)O[C@@H]7CO)O[C@@H]6CO)O[C@@H]5CO)O[C@@H]4CO)O[C@@H]3CO)c1ccc(N=Nc2ccccc2)cc1. The molecule has 103 heavy (non-hydrogen) atoms. The molecule has 23 N–H and O–H groups in total. The number of aliphatic hydroxyl groups excluding tert-OH is 20. The molecule has 21 fully saturated rings. The maximum Gasteiger partial charge on any atom is 0.251 e. The molecule has 22 heterocycles. The van der Waals surface area contributed by atoms with Crippen molar-refractivity contribution in [2.75, 3.05) is 46.2 Å². The summed E-state index contributed by atoms with van der Waals surface area (Å²) in [5, 5.41) is 240. The summed E-state index contributed by atoms with van der Waals surface area (Å²) in [4.78, 5) is 35.2. The first-order valence-corrected chi connectivity index (χ1v) is 32.9. The van der Waals surface area contributed by atoms with Gasteiger partial charge in [0.15, 0.2) is 44.0 Å². The molecule has 2 amide bonds. The number of hydrogen-bond acceptors (Lipinski definition) is 39. The molecule has 42 nitrogen and oxygen atoms in total. The van der Waals surface area contributed by atoms with Crippen molar-refractivity contribution in [3.63, 3.8) is 0 Å². The largest absolute Gasteiger partial charge is 0.394 e. The predicted octanol–water partition coefficient (Wildman–Crippen LogP) is -11.9. The van der Waals surface area contributed by atoms with E-state index in [1.165, 1.54) is 36.8 Å². The number of H-pyrrole nitrogens is 1. The second-order valence-electron chi connectivity index (χ2n) is 25.6. The number of imidazole rings is 1. The summed E-state index contributed by atoms with van der Waals surface area (Å²) >= 11 is 0. The fourth-order valence-electron chi connectivity index (χ4n) is 13.1. The van der Waals surface area contributed by atoms with Crippen LogP contribution in [0.1, 0.15) is 16.1 Å². The van der Waals surface area contributed by atoms with Gasteiger partial charge in [0.1, 0.15) is 177 Å². The van der Waals surface area contributed by atoms with E-state index in [2.05, 4.69) is 30.8 Å². The molecule has 3 aromatic rings. The number of aromatic nitrogens is 2. The molecule has 0 unspecified atom stereocenters. The van der Waals surface area contributed by atoms with Gasteiger partial charge in [0, 0.05) is 30.4 Å². The van der Waals surface area contributed by atoms with E-state index in [0.717, 1.165) is 0 Å². The molecule has 14 bridgehead atoms. The minimum Gasteiger partial charge on any atom is -0.394 e. The fourth-order valence-corrected chi connectivity index (χ4v) is 13.1. The normalized spacial score (nSPS) is 44.6. The Morgan fingerprint density at radius 1 is 0.379 bits per heavy atom. The Bertz CT molecular complexity index is 3170. The van der Waals surface area contributed by atoms with E-state index in [-0.39, 0.29) is 12.0 Å². The van der Waals surface area contributed by atoms with E-state index in [4.69, 9.17) is 66.3 Å². The molecule has 0 spiro atoms. The highest BCUT2D eigenvalue weighted by Crippen LogP contribution is 2.39. The molecule has 0 radical (unpaired) electrons. The van der Waals surface area contributed by atoms with E-state index < -0.39 is 279 Å². The Kier molecular flexibility index (Phi) is 26.7. The van der Waals surface area contributed by atoms with Crippen LogP contribution in [0.25, 0.3) is 0 Å². The van der Waals surface area contributed by atoms with Gasteiger partial charge in [-0.05, 0) is 36.4 Å². The van der Waals surface area contributed by atoms with Crippen LogP contribution >= 0.6 is 0 Å². The molecule has 24 rings (SSSR count). The van der Waals surface area contributed by atoms with Gasteiger partial charge < -0.3 is 184 Å². The number of azo groups is 1. The number of ether oxygens (including phenoxy) is 14. The lowest BCUT2D eigenvalue weighted by Crippen LogP contribution is -2.68. The lowest BCUT2D eigenvalue weighted by Gasteiger charge is -2.50. The highest BCUT2D eigenvalue weighted by molar-refractivity contribution is 5.97. The van der Waals surface area contributed by atoms with Crippen LogP contribution in [0.5, 0.6) is 0 Å². The maximum absolute atomic E-state index is 14.5. The molecular weight excluding hydrogens is 1390 g/mol. The number of aromatic amines is 1. The van der Waals surface area contributed by atoms with Gasteiger partial charge in [0.05, 0.1) is 57.3 Å². The van der Waals surface area contributed by atoms with Gasteiger partial charge in [-0.3, -0.25) is 9.59 Å².